The Hall–Kier alpha value is -1.51. The third-order valence-electron chi connectivity index (χ3n) is 3.60. The smallest absolute Gasteiger partial charge is 0.338 e. The van der Waals surface area contributed by atoms with Crippen molar-refractivity contribution >= 4 is 16.0 Å². The molecule has 122 valence electrons. The van der Waals surface area contributed by atoms with Crippen molar-refractivity contribution in [2.75, 3.05) is 26.2 Å². The van der Waals surface area contributed by atoms with Crippen LogP contribution in [-0.4, -0.2) is 44.9 Å². The minimum absolute atomic E-state index is 0.105. The van der Waals surface area contributed by atoms with Crippen LogP contribution in [0.4, 0.5) is 4.39 Å². The molecule has 1 atom stereocenters. The summed E-state index contributed by atoms with van der Waals surface area (Å²) >= 11 is 0. The number of ether oxygens (including phenoxy) is 1. The normalized spacial score (nSPS) is 19.3. The predicted octanol–water partition coefficient (Wildman–Crippen LogP) is 0.972. The van der Waals surface area contributed by atoms with Gasteiger partial charge in [0.15, 0.2) is 0 Å². The van der Waals surface area contributed by atoms with E-state index in [1.165, 1.54) is 4.31 Å². The van der Waals surface area contributed by atoms with E-state index in [4.69, 9.17) is 10.5 Å². The lowest BCUT2D eigenvalue weighted by molar-refractivity contribution is 0.0525. The van der Waals surface area contributed by atoms with E-state index in [2.05, 4.69) is 0 Å². The number of nitrogens with zero attached hydrogens (tertiary/aromatic N) is 1. The number of hydrogen-bond donors (Lipinski definition) is 1. The van der Waals surface area contributed by atoms with Crippen molar-refractivity contribution < 1.29 is 22.3 Å². The van der Waals surface area contributed by atoms with Crippen LogP contribution >= 0.6 is 0 Å². The van der Waals surface area contributed by atoms with E-state index >= 15 is 0 Å². The summed E-state index contributed by atoms with van der Waals surface area (Å²) in [5.74, 6) is -1.44. The number of carbonyl (C=O) groups excluding carboxylic acids is 1. The molecule has 22 heavy (non-hydrogen) atoms. The van der Waals surface area contributed by atoms with Crippen molar-refractivity contribution in [1.29, 1.82) is 0 Å². The van der Waals surface area contributed by atoms with E-state index in [0.717, 1.165) is 18.2 Å². The molecule has 1 saturated heterocycles. The highest BCUT2D eigenvalue weighted by Crippen LogP contribution is 2.25. The van der Waals surface area contributed by atoms with Crippen LogP contribution in [0.1, 0.15) is 23.7 Å². The number of rotatable bonds is 5. The van der Waals surface area contributed by atoms with E-state index in [0.29, 0.717) is 26.1 Å². The summed E-state index contributed by atoms with van der Waals surface area (Å²) in [4.78, 5) is 11.4. The summed E-state index contributed by atoms with van der Waals surface area (Å²) in [5.41, 5.74) is 5.44. The van der Waals surface area contributed by atoms with Crippen molar-refractivity contribution in [1.82, 2.24) is 4.31 Å². The quantitative estimate of drug-likeness (QED) is 0.813. The average Bonchev–Trinajstić information content (AvgIpc) is 2.96. The fourth-order valence-corrected chi connectivity index (χ4v) is 3.99. The first-order chi connectivity index (χ1) is 10.4. The van der Waals surface area contributed by atoms with Crippen molar-refractivity contribution in [3.05, 3.63) is 29.6 Å². The highest BCUT2D eigenvalue weighted by molar-refractivity contribution is 7.89. The van der Waals surface area contributed by atoms with Crippen LogP contribution in [0.3, 0.4) is 0 Å². The fourth-order valence-electron chi connectivity index (χ4n) is 2.40. The number of esters is 1. The van der Waals surface area contributed by atoms with Gasteiger partial charge in [-0.1, -0.05) is 0 Å². The van der Waals surface area contributed by atoms with Gasteiger partial charge in [0.25, 0.3) is 0 Å². The van der Waals surface area contributed by atoms with E-state index in [1.807, 2.05) is 0 Å². The zero-order valence-corrected chi connectivity index (χ0v) is 13.1. The Morgan fingerprint density at radius 1 is 1.45 bits per heavy atom. The molecule has 0 saturated carbocycles. The number of nitrogens with two attached hydrogens (primary N) is 1. The van der Waals surface area contributed by atoms with E-state index in [9.17, 15) is 17.6 Å². The van der Waals surface area contributed by atoms with Gasteiger partial charge in [0, 0.05) is 13.1 Å². The molecule has 0 spiro atoms. The molecule has 6 nitrogen and oxygen atoms in total. The maximum absolute atomic E-state index is 13.7. The zero-order valence-electron chi connectivity index (χ0n) is 12.3. The molecule has 0 aliphatic carbocycles. The van der Waals surface area contributed by atoms with Gasteiger partial charge in [-0.05, 0) is 44.0 Å². The highest BCUT2D eigenvalue weighted by atomic mass is 32.2. The molecule has 1 aromatic carbocycles. The molecule has 0 amide bonds. The van der Waals surface area contributed by atoms with Gasteiger partial charge in [0.1, 0.15) is 5.82 Å². The molecule has 2 rings (SSSR count). The van der Waals surface area contributed by atoms with Crippen molar-refractivity contribution in [3.63, 3.8) is 0 Å². The molecule has 1 aliphatic heterocycles. The van der Waals surface area contributed by atoms with Crippen LogP contribution in [-0.2, 0) is 14.8 Å². The predicted molar refractivity (Wildman–Crippen MR) is 78.3 cm³/mol. The third-order valence-corrected chi connectivity index (χ3v) is 5.45. The molecule has 1 unspecified atom stereocenters. The monoisotopic (exact) mass is 330 g/mol. The summed E-state index contributed by atoms with van der Waals surface area (Å²) in [6.45, 7) is 2.80. The summed E-state index contributed by atoms with van der Waals surface area (Å²) < 4.78 is 44.8. The number of halogens is 1. The van der Waals surface area contributed by atoms with Crippen LogP contribution in [0, 0.1) is 11.7 Å². The van der Waals surface area contributed by atoms with Gasteiger partial charge in [0.2, 0.25) is 10.0 Å². The second kappa shape index (κ2) is 6.72. The minimum Gasteiger partial charge on any atom is -0.462 e. The maximum atomic E-state index is 13.7. The second-order valence-corrected chi connectivity index (χ2v) is 7.09. The Morgan fingerprint density at radius 2 is 2.18 bits per heavy atom. The average molecular weight is 330 g/mol. The Balaban J connectivity index is 2.33. The van der Waals surface area contributed by atoms with Gasteiger partial charge in [-0.25, -0.2) is 17.6 Å². The Morgan fingerprint density at radius 3 is 2.77 bits per heavy atom. The summed E-state index contributed by atoms with van der Waals surface area (Å²) in [6, 6.07) is 3.02. The largest absolute Gasteiger partial charge is 0.462 e. The lowest BCUT2D eigenvalue weighted by Gasteiger charge is -2.17. The van der Waals surface area contributed by atoms with E-state index in [-0.39, 0.29) is 23.0 Å². The van der Waals surface area contributed by atoms with Gasteiger partial charge in [0.05, 0.1) is 17.1 Å². The fraction of sp³-hybridized carbons (Fsp3) is 0.500. The molecule has 2 N–H and O–H groups in total. The molecular formula is C14H19FN2O4S. The van der Waals surface area contributed by atoms with Gasteiger partial charge in [-0.15, -0.1) is 0 Å². The minimum atomic E-state index is -3.85. The molecule has 8 heteroatoms. The topological polar surface area (TPSA) is 89.7 Å². The van der Waals surface area contributed by atoms with Crippen LogP contribution in [0.5, 0.6) is 0 Å². The third kappa shape index (κ3) is 3.45. The first kappa shape index (κ1) is 16.9. The number of carbonyl (C=O) groups is 1. The molecule has 0 bridgehead atoms. The van der Waals surface area contributed by atoms with Crippen LogP contribution in [0.15, 0.2) is 23.1 Å². The zero-order chi connectivity index (χ0) is 16.3. The molecule has 1 fully saturated rings. The lowest BCUT2D eigenvalue weighted by Crippen LogP contribution is -2.30. The standard InChI is InChI=1S/C14H19FN2O4S/c1-2-21-14(18)11-5-12(15)7-13(6-11)22(19,20)17-4-3-10(8-16)9-17/h5-7,10H,2-4,8-9,16H2,1H3. The Labute approximate surface area is 129 Å². The second-order valence-electron chi connectivity index (χ2n) is 5.15. The van der Waals surface area contributed by atoms with Crippen LogP contribution < -0.4 is 5.73 Å². The molecule has 1 heterocycles. The van der Waals surface area contributed by atoms with Crippen molar-refractivity contribution in [3.8, 4) is 0 Å². The number of hydrogen-bond acceptors (Lipinski definition) is 5. The summed E-state index contributed by atoms with van der Waals surface area (Å²) in [7, 11) is -3.85. The Bertz CT molecular complexity index is 663. The van der Waals surface area contributed by atoms with Crippen molar-refractivity contribution in [2.24, 2.45) is 11.7 Å². The van der Waals surface area contributed by atoms with Gasteiger partial charge < -0.3 is 10.5 Å². The molecule has 1 aromatic rings. The lowest BCUT2D eigenvalue weighted by atomic mass is 10.1. The first-order valence-corrected chi connectivity index (χ1v) is 8.50. The van der Waals surface area contributed by atoms with E-state index in [1.54, 1.807) is 6.92 Å². The van der Waals surface area contributed by atoms with Gasteiger partial charge >= 0.3 is 5.97 Å². The summed E-state index contributed by atoms with van der Waals surface area (Å²) in [5, 5.41) is 0. The molecule has 0 radical (unpaired) electrons. The SMILES string of the molecule is CCOC(=O)c1cc(F)cc(S(=O)(=O)N2CCC(CN)C2)c1. The highest BCUT2D eigenvalue weighted by Gasteiger charge is 2.32. The van der Waals surface area contributed by atoms with Crippen LogP contribution in [0.2, 0.25) is 0 Å². The molecule has 0 aromatic heterocycles. The molecular weight excluding hydrogens is 311 g/mol. The number of sulfonamides is 1. The molecule has 1 aliphatic rings. The Kier molecular flexibility index (Phi) is 5.15. The van der Waals surface area contributed by atoms with E-state index < -0.39 is 21.8 Å². The number of benzene rings is 1. The van der Waals surface area contributed by atoms with Crippen LogP contribution in [0.25, 0.3) is 0 Å². The van der Waals surface area contributed by atoms with Gasteiger partial charge in [-0.2, -0.15) is 4.31 Å². The van der Waals surface area contributed by atoms with Crippen molar-refractivity contribution in [2.45, 2.75) is 18.2 Å². The van der Waals surface area contributed by atoms with Gasteiger partial charge in [-0.3, -0.25) is 0 Å². The maximum Gasteiger partial charge on any atom is 0.338 e. The summed E-state index contributed by atoms with van der Waals surface area (Å²) in [6.07, 6.45) is 0.676. The first-order valence-electron chi connectivity index (χ1n) is 7.06.